The normalized spacial score (nSPS) is 10.2. The van der Waals surface area contributed by atoms with Crippen LogP contribution in [0.15, 0.2) is 42.5 Å². The van der Waals surface area contributed by atoms with E-state index >= 15 is 0 Å². The molecule has 0 aliphatic rings. The second-order valence-corrected chi connectivity index (χ2v) is 4.97. The van der Waals surface area contributed by atoms with E-state index in [0.717, 1.165) is 0 Å². The topological polar surface area (TPSA) is 55.8 Å². The van der Waals surface area contributed by atoms with Crippen molar-refractivity contribution in [1.82, 2.24) is 0 Å². The zero-order valence-electron chi connectivity index (χ0n) is 10.9. The first kappa shape index (κ1) is 15.5. The molecule has 21 heavy (non-hydrogen) atoms. The number of hydrogen-bond donors (Lipinski definition) is 1. The number of halogens is 2. The molecular weight excluding hydrogens is 315 g/mol. The van der Waals surface area contributed by atoms with Crippen molar-refractivity contribution in [3.63, 3.8) is 0 Å². The molecule has 0 atom stereocenters. The van der Waals surface area contributed by atoms with Crippen LogP contribution < -0.4 is 9.47 Å². The standard InChI is InChI=1S/C15H12Cl2O4/c16-10-2-1-3-12(8-10)20-6-7-21-14-5-4-11(17)9-13(14)15(18)19/h1-5,8-9H,6-7H2,(H,18,19). The number of carbonyl (C=O) groups is 1. The van der Waals surface area contributed by atoms with Gasteiger partial charge in [-0.15, -0.1) is 0 Å². The number of rotatable bonds is 6. The highest BCUT2D eigenvalue weighted by Gasteiger charge is 2.11. The van der Waals surface area contributed by atoms with Gasteiger partial charge in [-0.3, -0.25) is 0 Å². The van der Waals surface area contributed by atoms with Crippen molar-refractivity contribution >= 4 is 29.2 Å². The quantitative estimate of drug-likeness (QED) is 0.810. The average Bonchev–Trinajstić information content (AvgIpc) is 2.44. The predicted molar refractivity (Wildman–Crippen MR) is 80.9 cm³/mol. The van der Waals surface area contributed by atoms with Crippen LogP contribution in [0.2, 0.25) is 10.0 Å². The fraction of sp³-hybridized carbons (Fsp3) is 0.133. The lowest BCUT2D eigenvalue weighted by Gasteiger charge is -2.10. The summed E-state index contributed by atoms with van der Waals surface area (Å²) in [5.74, 6) is -0.217. The number of hydrogen-bond acceptors (Lipinski definition) is 3. The molecule has 0 heterocycles. The van der Waals surface area contributed by atoms with Gasteiger partial charge < -0.3 is 14.6 Å². The van der Waals surface area contributed by atoms with Crippen molar-refractivity contribution in [2.24, 2.45) is 0 Å². The van der Waals surface area contributed by atoms with Crippen LogP contribution in [-0.4, -0.2) is 24.3 Å². The summed E-state index contributed by atoms with van der Waals surface area (Å²) in [6.07, 6.45) is 0. The van der Waals surface area contributed by atoms with Gasteiger partial charge in [0.15, 0.2) is 0 Å². The van der Waals surface area contributed by atoms with Crippen molar-refractivity contribution in [3.8, 4) is 11.5 Å². The lowest BCUT2D eigenvalue weighted by molar-refractivity contribution is 0.0691. The van der Waals surface area contributed by atoms with Crippen LogP contribution in [0.1, 0.15) is 10.4 Å². The van der Waals surface area contributed by atoms with Crippen LogP contribution in [0.3, 0.4) is 0 Å². The predicted octanol–water partition coefficient (Wildman–Crippen LogP) is 4.15. The molecule has 110 valence electrons. The SMILES string of the molecule is O=C(O)c1cc(Cl)ccc1OCCOc1cccc(Cl)c1. The zero-order chi connectivity index (χ0) is 15.2. The van der Waals surface area contributed by atoms with Crippen molar-refractivity contribution < 1.29 is 19.4 Å². The lowest BCUT2D eigenvalue weighted by atomic mass is 10.2. The Morgan fingerprint density at radius 3 is 2.43 bits per heavy atom. The molecule has 1 N–H and O–H groups in total. The van der Waals surface area contributed by atoms with Gasteiger partial charge in [0.1, 0.15) is 30.3 Å². The first-order chi connectivity index (χ1) is 10.1. The van der Waals surface area contributed by atoms with Gasteiger partial charge in [0.05, 0.1) is 0 Å². The average molecular weight is 327 g/mol. The smallest absolute Gasteiger partial charge is 0.339 e. The molecule has 0 saturated heterocycles. The molecule has 0 radical (unpaired) electrons. The fourth-order valence-electron chi connectivity index (χ4n) is 1.66. The Kier molecular flexibility index (Phi) is 5.31. The number of ether oxygens (including phenoxy) is 2. The van der Waals surface area contributed by atoms with Crippen LogP contribution in [0.5, 0.6) is 11.5 Å². The summed E-state index contributed by atoms with van der Waals surface area (Å²) in [6.45, 7) is 0.469. The molecular formula is C15H12Cl2O4. The summed E-state index contributed by atoms with van der Waals surface area (Å²) in [5.41, 5.74) is 0.0188. The van der Waals surface area contributed by atoms with Crippen molar-refractivity contribution in [2.45, 2.75) is 0 Å². The zero-order valence-corrected chi connectivity index (χ0v) is 12.4. The van der Waals surface area contributed by atoms with Gasteiger partial charge in [-0.2, -0.15) is 0 Å². The van der Waals surface area contributed by atoms with Gasteiger partial charge in [-0.25, -0.2) is 4.79 Å². The molecule has 0 saturated carbocycles. The Morgan fingerprint density at radius 2 is 1.71 bits per heavy atom. The van der Waals surface area contributed by atoms with Gasteiger partial charge >= 0.3 is 5.97 Å². The van der Waals surface area contributed by atoms with E-state index in [1.165, 1.54) is 12.1 Å². The maximum atomic E-state index is 11.1. The van der Waals surface area contributed by atoms with Crippen molar-refractivity contribution in [1.29, 1.82) is 0 Å². The van der Waals surface area contributed by atoms with E-state index in [1.54, 1.807) is 30.3 Å². The molecule has 6 heteroatoms. The van der Waals surface area contributed by atoms with E-state index in [9.17, 15) is 4.79 Å². The summed E-state index contributed by atoms with van der Waals surface area (Å²) >= 11 is 11.6. The molecule has 0 bridgehead atoms. The largest absolute Gasteiger partial charge is 0.490 e. The molecule has 2 rings (SSSR count). The summed E-state index contributed by atoms with van der Waals surface area (Å²) < 4.78 is 10.9. The number of benzene rings is 2. The number of carboxylic acids is 1. The van der Waals surface area contributed by atoms with E-state index in [0.29, 0.717) is 15.8 Å². The van der Waals surface area contributed by atoms with Gasteiger partial charge in [-0.05, 0) is 36.4 Å². The molecule has 0 aliphatic heterocycles. The lowest BCUT2D eigenvalue weighted by Crippen LogP contribution is -2.11. The van der Waals surface area contributed by atoms with E-state index < -0.39 is 5.97 Å². The summed E-state index contributed by atoms with van der Waals surface area (Å²) in [5, 5.41) is 10.00. The molecule has 0 unspecified atom stereocenters. The van der Waals surface area contributed by atoms with Crippen LogP contribution in [-0.2, 0) is 0 Å². The molecule has 0 amide bonds. The first-order valence-electron chi connectivity index (χ1n) is 6.10. The molecule has 0 spiro atoms. The first-order valence-corrected chi connectivity index (χ1v) is 6.86. The van der Waals surface area contributed by atoms with Gasteiger partial charge in [0.25, 0.3) is 0 Å². The van der Waals surface area contributed by atoms with Crippen LogP contribution >= 0.6 is 23.2 Å². The summed E-state index contributed by atoms with van der Waals surface area (Å²) in [4.78, 5) is 11.1. The van der Waals surface area contributed by atoms with Gasteiger partial charge in [-0.1, -0.05) is 29.3 Å². The number of aromatic carboxylic acids is 1. The second-order valence-electron chi connectivity index (χ2n) is 4.10. The molecule has 0 fully saturated rings. The van der Waals surface area contributed by atoms with E-state index in [1.807, 2.05) is 0 Å². The Balaban J connectivity index is 1.90. The highest BCUT2D eigenvalue weighted by Crippen LogP contribution is 2.23. The minimum atomic E-state index is -1.09. The maximum absolute atomic E-state index is 11.1. The highest BCUT2D eigenvalue weighted by molar-refractivity contribution is 6.31. The monoisotopic (exact) mass is 326 g/mol. The van der Waals surface area contributed by atoms with Gasteiger partial charge in [0, 0.05) is 10.0 Å². The molecule has 0 aromatic heterocycles. The molecule has 4 nitrogen and oxygen atoms in total. The summed E-state index contributed by atoms with van der Waals surface area (Å²) in [7, 11) is 0. The van der Waals surface area contributed by atoms with E-state index in [4.69, 9.17) is 37.8 Å². The number of carboxylic acid groups (broad SMARTS) is 1. The third-order valence-electron chi connectivity index (χ3n) is 2.58. The van der Waals surface area contributed by atoms with Crippen LogP contribution in [0.25, 0.3) is 0 Å². The van der Waals surface area contributed by atoms with Crippen molar-refractivity contribution in [2.75, 3.05) is 13.2 Å². The Hall–Kier alpha value is -1.91. The molecule has 2 aromatic carbocycles. The van der Waals surface area contributed by atoms with Crippen LogP contribution in [0, 0.1) is 0 Å². The highest BCUT2D eigenvalue weighted by atomic mass is 35.5. The Bertz CT molecular complexity index is 643. The second kappa shape index (κ2) is 7.20. The van der Waals surface area contributed by atoms with Crippen molar-refractivity contribution in [3.05, 3.63) is 58.1 Å². The minimum Gasteiger partial charge on any atom is -0.490 e. The van der Waals surface area contributed by atoms with E-state index in [-0.39, 0.29) is 24.5 Å². The summed E-state index contributed by atoms with van der Waals surface area (Å²) in [6, 6.07) is 11.4. The molecule has 0 aliphatic carbocycles. The molecule has 2 aromatic rings. The Morgan fingerprint density at radius 1 is 1.00 bits per heavy atom. The fourth-order valence-corrected chi connectivity index (χ4v) is 2.02. The van der Waals surface area contributed by atoms with Gasteiger partial charge in [0.2, 0.25) is 0 Å². The minimum absolute atomic E-state index is 0.0188. The third-order valence-corrected chi connectivity index (χ3v) is 3.05. The van der Waals surface area contributed by atoms with Crippen LogP contribution in [0.4, 0.5) is 0 Å². The third kappa shape index (κ3) is 4.55. The Labute approximate surface area is 131 Å². The van der Waals surface area contributed by atoms with E-state index in [2.05, 4.69) is 0 Å². The maximum Gasteiger partial charge on any atom is 0.339 e.